The summed E-state index contributed by atoms with van der Waals surface area (Å²) in [5.74, 6) is -3.55. The van der Waals surface area contributed by atoms with Crippen molar-refractivity contribution in [1.82, 2.24) is 10.2 Å². The molecule has 31 heavy (non-hydrogen) atoms. The second-order valence-electron chi connectivity index (χ2n) is 8.92. The van der Waals surface area contributed by atoms with Crippen LogP contribution in [0.4, 0.5) is 13.2 Å². The molecule has 2 amide bonds. The lowest BCUT2D eigenvalue weighted by molar-refractivity contribution is -0.150. The van der Waals surface area contributed by atoms with Gasteiger partial charge in [-0.25, -0.2) is 0 Å². The van der Waals surface area contributed by atoms with Crippen LogP contribution in [0, 0.1) is 17.3 Å². The van der Waals surface area contributed by atoms with E-state index in [0.717, 1.165) is 12.1 Å². The Bertz CT molecular complexity index is 921. The second-order valence-corrected chi connectivity index (χ2v) is 8.92. The van der Waals surface area contributed by atoms with Crippen LogP contribution in [0.2, 0.25) is 0 Å². The zero-order valence-electron chi connectivity index (χ0n) is 16.7. The van der Waals surface area contributed by atoms with Gasteiger partial charge in [0.05, 0.1) is 11.5 Å². The predicted molar refractivity (Wildman–Crippen MR) is 103 cm³/mol. The number of nitrogens with one attached hydrogen (secondary N) is 1. The minimum absolute atomic E-state index is 0.199. The molecular formula is C21H24F3N3O4. The van der Waals surface area contributed by atoms with E-state index in [1.165, 1.54) is 11.0 Å². The fraction of sp³-hybridized carbons (Fsp3) is 0.571. The Hall–Kier alpha value is -2.62. The number of alkyl halides is 3. The van der Waals surface area contributed by atoms with Crippen LogP contribution in [-0.2, 0) is 20.6 Å². The smallest absolute Gasteiger partial charge is 0.416 e. The molecule has 1 aromatic rings. The number of nitrogens with two attached hydrogens (primary N) is 1. The summed E-state index contributed by atoms with van der Waals surface area (Å²) in [6, 6.07) is 4.16. The predicted octanol–water partition coefficient (Wildman–Crippen LogP) is 1.58. The van der Waals surface area contributed by atoms with Gasteiger partial charge in [0.1, 0.15) is 6.04 Å². The number of carboxylic acid groups (broad SMARTS) is 1. The fourth-order valence-electron chi connectivity index (χ4n) is 5.14. The van der Waals surface area contributed by atoms with Crippen molar-refractivity contribution in [3.63, 3.8) is 0 Å². The van der Waals surface area contributed by atoms with Gasteiger partial charge in [0.25, 0.3) is 0 Å². The zero-order valence-corrected chi connectivity index (χ0v) is 16.7. The van der Waals surface area contributed by atoms with Gasteiger partial charge in [-0.2, -0.15) is 13.2 Å². The van der Waals surface area contributed by atoms with Crippen molar-refractivity contribution in [3.8, 4) is 0 Å². The molecule has 5 atom stereocenters. The van der Waals surface area contributed by atoms with Crippen molar-refractivity contribution in [1.29, 1.82) is 0 Å². The highest BCUT2D eigenvalue weighted by atomic mass is 19.4. The Labute approximate surface area is 176 Å². The summed E-state index contributed by atoms with van der Waals surface area (Å²) in [5.41, 5.74) is 4.65. The maximum Gasteiger partial charge on any atom is 0.416 e. The van der Waals surface area contributed by atoms with Crippen LogP contribution >= 0.6 is 0 Å². The number of aliphatic carboxylic acids is 1. The Balaban J connectivity index is 1.44. The monoisotopic (exact) mass is 439 g/mol. The molecule has 2 saturated heterocycles. The number of amides is 2. The largest absolute Gasteiger partial charge is 0.481 e. The lowest BCUT2D eigenvalue weighted by Gasteiger charge is -2.36. The molecule has 1 spiro atoms. The SMILES string of the molecule is NC(=O)C1CC12CNC(C(=O)N1CCC(c3cccc(C(F)(F)F)c3)C1)C(C(=O)O)C2. The maximum atomic E-state index is 13.1. The number of likely N-dealkylation sites (tertiary alicyclic amines) is 1. The number of halogens is 3. The van der Waals surface area contributed by atoms with Crippen LogP contribution in [0.15, 0.2) is 24.3 Å². The van der Waals surface area contributed by atoms with E-state index in [1.807, 2.05) is 0 Å². The number of hydrogen-bond acceptors (Lipinski definition) is 4. The topological polar surface area (TPSA) is 113 Å². The first-order valence-corrected chi connectivity index (χ1v) is 10.2. The fourth-order valence-corrected chi connectivity index (χ4v) is 5.14. The van der Waals surface area contributed by atoms with Gasteiger partial charge in [-0.1, -0.05) is 18.2 Å². The van der Waals surface area contributed by atoms with Crippen LogP contribution in [0.3, 0.4) is 0 Å². The van der Waals surface area contributed by atoms with Crippen molar-refractivity contribution in [3.05, 3.63) is 35.4 Å². The van der Waals surface area contributed by atoms with E-state index in [1.54, 1.807) is 6.07 Å². The number of piperidine rings is 1. The number of carbonyl (C=O) groups excluding carboxylic acids is 2. The van der Waals surface area contributed by atoms with E-state index in [2.05, 4.69) is 5.32 Å². The summed E-state index contributed by atoms with van der Waals surface area (Å²) in [6.07, 6.45) is -3.22. The number of hydrogen-bond donors (Lipinski definition) is 3. The van der Waals surface area contributed by atoms with Crippen molar-refractivity contribution in [2.45, 2.75) is 37.4 Å². The van der Waals surface area contributed by atoms with Crippen LogP contribution in [-0.4, -0.2) is 53.5 Å². The van der Waals surface area contributed by atoms with Crippen molar-refractivity contribution in [2.24, 2.45) is 23.0 Å². The molecule has 5 unspecified atom stereocenters. The number of nitrogens with zero attached hydrogens (tertiary/aromatic N) is 1. The average Bonchev–Trinajstić information content (AvgIpc) is 3.19. The molecule has 4 N–H and O–H groups in total. The van der Waals surface area contributed by atoms with Crippen molar-refractivity contribution >= 4 is 17.8 Å². The number of carboxylic acids is 1. The number of rotatable bonds is 4. The van der Waals surface area contributed by atoms with Gasteiger partial charge in [0.15, 0.2) is 0 Å². The zero-order chi connectivity index (χ0) is 22.6. The first-order chi connectivity index (χ1) is 14.5. The van der Waals surface area contributed by atoms with E-state index < -0.39 is 41.0 Å². The van der Waals surface area contributed by atoms with E-state index >= 15 is 0 Å². The number of carbonyl (C=O) groups is 3. The molecule has 168 valence electrons. The molecule has 0 aromatic heterocycles. The summed E-state index contributed by atoms with van der Waals surface area (Å²) in [7, 11) is 0. The van der Waals surface area contributed by atoms with E-state index in [9.17, 15) is 32.7 Å². The highest BCUT2D eigenvalue weighted by Gasteiger charge is 2.62. The first-order valence-electron chi connectivity index (χ1n) is 10.2. The summed E-state index contributed by atoms with van der Waals surface area (Å²) >= 11 is 0. The number of primary amides is 1. The highest BCUT2D eigenvalue weighted by molar-refractivity contribution is 5.89. The molecule has 10 heteroatoms. The van der Waals surface area contributed by atoms with E-state index in [0.29, 0.717) is 31.5 Å². The molecule has 3 fully saturated rings. The maximum absolute atomic E-state index is 13.1. The molecule has 1 saturated carbocycles. The third kappa shape index (κ3) is 4.00. The standard InChI is InChI=1S/C21H24F3N3O4/c22-21(23,24)13-3-1-2-11(6-13)12-4-5-27(9-12)18(29)16-14(19(30)31)7-20(10-26-16)8-15(20)17(25)28/h1-3,6,12,14-16,26H,4-5,7-10H2,(H2,25,28)(H,30,31). The van der Waals surface area contributed by atoms with Gasteiger partial charge < -0.3 is 21.1 Å². The molecule has 0 bridgehead atoms. The molecule has 2 aliphatic heterocycles. The lowest BCUT2D eigenvalue weighted by atomic mass is 9.80. The molecule has 0 radical (unpaired) electrons. The van der Waals surface area contributed by atoms with Crippen LogP contribution in [0.25, 0.3) is 0 Å². The Morgan fingerprint density at radius 3 is 2.58 bits per heavy atom. The molecule has 1 aliphatic carbocycles. The van der Waals surface area contributed by atoms with Crippen LogP contribution in [0.5, 0.6) is 0 Å². The van der Waals surface area contributed by atoms with E-state index in [-0.39, 0.29) is 30.7 Å². The third-order valence-corrected chi connectivity index (χ3v) is 7.00. The molecular weight excluding hydrogens is 415 g/mol. The second kappa shape index (κ2) is 7.51. The normalized spacial score (nSPS) is 32.8. The summed E-state index contributed by atoms with van der Waals surface area (Å²) < 4.78 is 39.0. The molecule has 2 heterocycles. The molecule has 1 aromatic carbocycles. The van der Waals surface area contributed by atoms with Gasteiger partial charge in [0.2, 0.25) is 11.8 Å². The third-order valence-electron chi connectivity index (χ3n) is 7.00. The summed E-state index contributed by atoms with van der Waals surface area (Å²) in [5, 5.41) is 12.7. The minimum Gasteiger partial charge on any atom is -0.481 e. The van der Waals surface area contributed by atoms with Crippen molar-refractivity contribution in [2.75, 3.05) is 19.6 Å². The quantitative estimate of drug-likeness (QED) is 0.659. The summed E-state index contributed by atoms with van der Waals surface area (Å²) in [6.45, 7) is 0.921. The van der Waals surface area contributed by atoms with Gasteiger partial charge in [0, 0.05) is 31.5 Å². The number of benzene rings is 1. The van der Waals surface area contributed by atoms with Crippen molar-refractivity contribution < 1.29 is 32.7 Å². The van der Waals surface area contributed by atoms with Crippen LogP contribution in [0.1, 0.15) is 36.3 Å². The van der Waals surface area contributed by atoms with Crippen LogP contribution < -0.4 is 11.1 Å². The molecule has 3 aliphatic rings. The first kappa shape index (κ1) is 21.6. The van der Waals surface area contributed by atoms with Gasteiger partial charge in [-0.15, -0.1) is 0 Å². The molecule has 4 rings (SSSR count). The minimum atomic E-state index is -4.44. The highest BCUT2D eigenvalue weighted by Crippen LogP contribution is 2.58. The van der Waals surface area contributed by atoms with E-state index in [4.69, 9.17) is 5.73 Å². The summed E-state index contributed by atoms with van der Waals surface area (Å²) in [4.78, 5) is 38.0. The average molecular weight is 439 g/mol. The van der Waals surface area contributed by atoms with Gasteiger partial charge in [-0.05, 0) is 36.3 Å². The Kier molecular flexibility index (Phi) is 5.23. The Morgan fingerprint density at radius 1 is 1.23 bits per heavy atom. The van der Waals surface area contributed by atoms with Gasteiger partial charge >= 0.3 is 12.1 Å². The lowest BCUT2D eigenvalue weighted by Crippen LogP contribution is -2.57. The van der Waals surface area contributed by atoms with Gasteiger partial charge in [-0.3, -0.25) is 14.4 Å². The Morgan fingerprint density at radius 2 is 1.97 bits per heavy atom. The molecule has 7 nitrogen and oxygen atoms in total.